The molecule has 2 rings (SSSR count). The van der Waals surface area contributed by atoms with Crippen molar-refractivity contribution in [2.45, 2.75) is 46.1 Å². The quantitative estimate of drug-likeness (QED) is 0.597. The van der Waals surface area contributed by atoms with Gasteiger partial charge in [-0.3, -0.25) is 14.6 Å². The highest BCUT2D eigenvalue weighted by Gasteiger charge is 2.57. The molecule has 1 aromatic heterocycles. The minimum absolute atomic E-state index is 0.222. The number of ether oxygens (including phenoxy) is 2. The number of hydrogen-bond acceptors (Lipinski definition) is 6. The molecule has 1 fully saturated rings. The minimum Gasteiger partial charge on any atom is -0.465 e. The smallest absolute Gasteiger partial charge is 0.324 e. The van der Waals surface area contributed by atoms with Gasteiger partial charge in [0.25, 0.3) is 0 Å². The SMILES string of the molecule is CCOC(=O)C1(Cc2cncs2)CC(C(C)CC)OC1=O. The Morgan fingerprint density at radius 1 is 1.62 bits per heavy atom. The van der Waals surface area contributed by atoms with Crippen LogP contribution in [0.15, 0.2) is 11.7 Å². The summed E-state index contributed by atoms with van der Waals surface area (Å²) in [5.41, 5.74) is 0.483. The van der Waals surface area contributed by atoms with Crippen LogP contribution < -0.4 is 0 Å². The molecule has 5 nitrogen and oxygen atoms in total. The fourth-order valence-electron chi connectivity index (χ4n) is 2.58. The third-order valence-electron chi connectivity index (χ3n) is 4.10. The molecular weight excluding hydrogens is 290 g/mol. The van der Waals surface area contributed by atoms with Gasteiger partial charge < -0.3 is 9.47 Å². The standard InChI is InChI=1S/C15H21NO4S/c1-4-10(3)12-7-15(14(18)20-12,13(17)19-5-2)6-11-8-16-9-21-11/h8-10,12H,4-7H2,1-3H3. The zero-order chi connectivity index (χ0) is 15.5. The van der Waals surface area contributed by atoms with Crippen LogP contribution >= 0.6 is 11.3 Å². The van der Waals surface area contributed by atoms with Crippen molar-refractivity contribution in [2.24, 2.45) is 11.3 Å². The normalized spacial score (nSPS) is 26.4. The van der Waals surface area contributed by atoms with Gasteiger partial charge in [-0.25, -0.2) is 0 Å². The van der Waals surface area contributed by atoms with Gasteiger partial charge in [-0.15, -0.1) is 11.3 Å². The molecule has 3 atom stereocenters. The Labute approximate surface area is 128 Å². The summed E-state index contributed by atoms with van der Waals surface area (Å²) in [6.07, 6.45) is 3.06. The summed E-state index contributed by atoms with van der Waals surface area (Å²) in [7, 11) is 0. The maximum absolute atomic E-state index is 12.4. The predicted octanol–water partition coefficient (Wildman–Crippen LogP) is 2.60. The zero-order valence-electron chi connectivity index (χ0n) is 12.6. The summed E-state index contributed by atoms with van der Waals surface area (Å²) < 4.78 is 10.6. The largest absolute Gasteiger partial charge is 0.465 e. The van der Waals surface area contributed by atoms with E-state index in [4.69, 9.17) is 9.47 Å². The first-order valence-electron chi connectivity index (χ1n) is 7.29. The molecule has 0 N–H and O–H groups in total. The van der Waals surface area contributed by atoms with Crippen molar-refractivity contribution in [3.05, 3.63) is 16.6 Å². The monoisotopic (exact) mass is 311 g/mol. The molecule has 1 aromatic rings. The Morgan fingerprint density at radius 2 is 2.38 bits per heavy atom. The van der Waals surface area contributed by atoms with E-state index >= 15 is 0 Å². The summed E-state index contributed by atoms with van der Waals surface area (Å²) >= 11 is 1.43. The van der Waals surface area contributed by atoms with Gasteiger partial charge in [-0.2, -0.15) is 0 Å². The van der Waals surface area contributed by atoms with Crippen LogP contribution in [0.25, 0.3) is 0 Å². The number of esters is 2. The number of aromatic nitrogens is 1. The third kappa shape index (κ3) is 3.10. The lowest BCUT2D eigenvalue weighted by Gasteiger charge is -2.22. The summed E-state index contributed by atoms with van der Waals surface area (Å²) in [6, 6.07) is 0. The van der Waals surface area contributed by atoms with Crippen LogP contribution in [-0.2, 0) is 25.5 Å². The van der Waals surface area contributed by atoms with Crippen molar-refractivity contribution in [2.75, 3.05) is 6.61 Å². The Hall–Kier alpha value is -1.43. The van der Waals surface area contributed by atoms with E-state index in [9.17, 15) is 9.59 Å². The lowest BCUT2D eigenvalue weighted by atomic mass is 9.79. The molecule has 116 valence electrons. The van der Waals surface area contributed by atoms with Crippen LogP contribution in [0.5, 0.6) is 0 Å². The lowest BCUT2D eigenvalue weighted by molar-refractivity contribution is -0.165. The first-order chi connectivity index (χ1) is 10.0. The molecule has 0 spiro atoms. The maximum atomic E-state index is 12.4. The Balaban J connectivity index is 2.28. The van der Waals surface area contributed by atoms with Gasteiger partial charge in [0.15, 0.2) is 5.41 Å². The molecule has 1 aliphatic rings. The van der Waals surface area contributed by atoms with Crippen molar-refractivity contribution in [3.63, 3.8) is 0 Å². The first-order valence-corrected chi connectivity index (χ1v) is 8.17. The average molecular weight is 311 g/mol. The number of cyclic esters (lactones) is 1. The second-order valence-electron chi connectivity index (χ2n) is 5.48. The van der Waals surface area contributed by atoms with Crippen LogP contribution in [0.1, 0.15) is 38.5 Å². The second-order valence-corrected chi connectivity index (χ2v) is 6.45. The molecule has 0 saturated carbocycles. The topological polar surface area (TPSA) is 65.5 Å². The third-order valence-corrected chi connectivity index (χ3v) is 4.88. The molecule has 21 heavy (non-hydrogen) atoms. The predicted molar refractivity (Wildman–Crippen MR) is 78.8 cm³/mol. The molecule has 0 radical (unpaired) electrons. The Kier molecular flexibility index (Phi) is 4.98. The van der Waals surface area contributed by atoms with E-state index in [-0.39, 0.29) is 18.6 Å². The molecule has 0 bridgehead atoms. The van der Waals surface area contributed by atoms with E-state index in [1.54, 1.807) is 18.6 Å². The molecule has 0 aromatic carbocycles. The van der Waals surface area contributed by atoms with Gasteiger partial charge in [0, 0.05) is 23.9 Å². The van der Waals surface area contributed by atoms with E-state index in [2.05, 4.69) is 4.98 Å². The highest BCUT2D eigenvalue weighted by molar-refractivity contribution is 7.09. The van der Waals surface area contributed by atoms with Crippen LogP contribution in [0, 0.1) is 11.3 Å². The van der Waals surface area contributed by atoms with Gasteiger partial charge in [-0.1, -0.05) is 20.3 Å². The number of rotatable bonds is 6. The fourth-order valence-corrected chi connectivity index (χ4v) is 3.29. The number of hydrogen-bond donors (Lipinski definition) is 0. The van der Waals surface area contributed by atoms with E-state index in [1.807, 2.05) is 13.8 Å². The molecule has 3 unspecified atom stereocenters. The second kappa shape index (κ2) is 6.56. The molecule has 0 amide bonds. The van der Waals surface area contributed by atoms with Crippen LogP contribution in [0.2, 0.25) is 0 Å². The van der Waals surface area contributed by atoms with Gasteiger partial charge in [-0.05, 0) is 12.8 Å². The zero-order valence-corrected chi connectivity index (χ0v) is 13.4. The summed E-state index contributed by atoms with van der Waals surface area (Å²) in [5, 5.41) is 0. The minimum atomic E-state index is -1.21. The van der Waals surface area contributed by atoms with Crippen molar-refractivity contribution in [1.29, 1.82) is 0 Å². The fraction of sp³-hybridized carbons (Fsp3) is 0.667. The van der Waals surface area contributed by atoms with Crippen molar-refractivity contribution >= 4 is 23.3 Å². The summed E-state index contributed by atoms with van der Waals surface area (Å²) in [6.45, 7) is 6.08. The number of nitrogens with zero attached hydrogens (tertiary/aromatic N) is 1. The van der Waals surface area contributed by atoms with E-state index in [1.165, 1.54) is 11.3 Å². The van der Waals surface area contributed by atoms with Crippen LogP contribution in [0.4, 0.5) is 0 Å². The van der Waals surface area contributed by atoms with Crippen molar-refractivity contribution in [1.82, 2.24) is 4.98 Å². The van der Waals surface area contributed by atoms with Crippen LogP contribution in [0.3, 0.4) is 0 Å². The van der Waals surface area contributed by atoms with Crippen LogP contribution in [-0.4, -0.2) is 29.6 Å². The van der Waals surface area contributed by atoms with Gasteiger partial charge in [0.05, 0.1) is 12.1 Å². The summed E-state index contributed by atoms with van der Waals surface area (Å²) in [4.78, 5) is 29.8. The van der Waals surface area contributed by atoms with E-state index < -0.39 is 17.4 Å². The molecule has 0 aliphatic carbocycles. The van der Waals surface area contributed by atoms with Gasteiger partial charge >= 0.3 is 11.9 Å². The molecule has 1 aliphatic heterocycles. The van der Waals surface area contributed by atoms with Crippen molar-refractivity contribution in [3.8, 4) is 0 Å². The number of carbonyl (C=O) groups is 2. The maximum Gasteiger partial charge on any atom is 0.324 e. The number of thiazole rings is 1. The highest BCUT2D eigenvalue weighted by atomic mass is 32.1. The van der Waals surface area contributed by atoms with E-state index in [0.717, 1.165) is 11.3 Å². The molecule has 2 heterocycles. The summed E-state index contributed by atoms with van der Waals surface area (Å²) in [5.74, 6) is -0.708. The first kappa shape index (κ1) is 15.9. The number of carbonyl (C=O) groups excluding carboxylic acids is 2. The van der Waals surface area contributed by atoms with Crippen molar-refractivity contribution < 1.29 is 19.1 Å². The molecular formula is C15H21NO4S. The average Bonchev–Trinajstić information content (AvgIpc) is 3.08. The van der Waals surface area contributed by atoms with Gasteiger partial charge in [0.2, 0.25) is 0 Å². The van der Waals surface area contributed by atoms with E-state index in [0.29, 0.717) is 12.8 Å². The lowest BCUT2D eigenvalue weighted by Crippen LogP contribution is -2.39. The molecule has 6 heteroatoms. The highest BCUT2D eigenvalue weighted by Crippen LogP contribution is 2.42. The molecule has 1 saturated heterocycles. The van der Waals surface area contributed by atoms with Gasteiger partial charge in [0.1, 0.15) is 6.10 Å². The Morgan fingerprint density at radius 3 is 2.95 bits per heavy atom. The Bertz CT molecular complexity index is 502.